The molecule has 1 N–H and O–H groups in total. The lowest BCUT2D eigenvalue weighted by Crippen LogP contribution is -2.38. The van der Waals surface area contributed by atoms with Crippen LogP contribution < -0.4 is 5.32 Å². The van der Waals surface area contributed by atoms with Crippen LogP contribution in [0.3, 0.4) is 0 Å². The maximum Gasteiger partial charge on any atom is 0.261 e. The Hall–Kier alpha value is -2.73. The minimum Gasteiger partial charge on any atom is -0.466 e. The summed E-state index contributed by atoms with van der Waals surface area (Å²) in [6, 6.07) is 14.5. The molecule has 25 heavy (non-hydrogen) atoms. The molecule has 0 saturated heterocycles. The first-order valence-electron chi connectivity index (χ1n) is 7.95. The van der Waals surface area contributed by atoms with Gasteiger partial charge in [-0.15, -0.1) is 0 Å². The molecule has 1 aliphatic rings. The topological polar surface area (TPSA) is 58.6 Å². The van der Waals surface area contributed by atoms with Gasteiger partial charge in [0, 0.05) is 5.69 Å². The van der Waals surface area contributed by atoms with E-state index in [9.17, 15) is 9.59 Å². The number of fused-ring (bicyclic) bond motifs is 1. The van der Waals surface area contributed by atoms with Crippen molar-refractivity contribution in [2.45, 2.75) is 20.0 Å². The molecule has 128 valence electrons. The summed E-state index contributed by atoms with van der Waals surface area (Å²) in [6.07, 6.45) is -0.423. The molecule has 5 nitrogen and oxygen atoms in total. The molecule has 2 aromatic rings. The normalized spacial score (nSPS) is 14.2. The SMILES string of the molecule is Cc1ccc(NC(=S)OC(C)CN2C(=O)c3ccccc3C2=O)cc1. The van der Waals surface area contributed by atoms with E-state index in [1.807, 2.05) is 31.2 Å². The van der Waals surface area contributed by atoms with Crippen LogP contribution in [-0.2, 0) is 4.74 Å². The average Bonchev–Trinajstić information content (AvgIpc) is 2.82. The van der Waals surface area contributed by atoms with Crippen molar-refractivity contribution in [3.05, 3.63) is 65.2 Å². The number of amides is 2. The number of imide groups is 1. The van der Waals surface area contributed by atoms with Crippen molar-refractivity contribution in [2.75, 3.05) is 11.9 Å². The summed E-state index contributed by atoms with van der Waals surface area (Å²) < 4.78 is 5.62. The molecule has 1 heterocycles. The van der Waals surface area contributed by atoms with Gasteiger partial charge in [-0.05, 0) is 50.3 Å². The number of aryl methyl sites for hydroxylation is 1. The molecular weight excluding hydrogens is 336 g/mol. The van der Waals surface area contributed by atoms with Gasteiger partial charge in [0.05, 0.1) is 17.7 Å². The molecule has 1 atom stereocenters. The number of nitrogens with zero attached hydrogens (tertiary/aromatic N) is 1. The number of hydrogen-bond acceptors (Lipinski definition) is 4. The van der Waals surface area contributed by atoms with Crippen LogP contribution in [0.2, 0.25) is 0 Å². The molecule has 2 amide bonds. The van der Waals surface area contributed by atoms with E-state index in [1.54, 1.807) is 31.2 Å². The number of anilines is 1. The Morgan fingerprint density at radius 2 is 1.64 bits per heavy atom. The van der Waals surface area contributed by atoms with Crippen LogP contribution in [0.4, 0.5) is 5.69 Å². The maximum absolute atomic E-state index is 12.4. The summed E-state index contributed by atoms with van der Waals surface area (Å²) in [6.45, 7) is 3.91. The Bertz CT molecular complexity index is 798. The van der Waals surface area contributed by atoms with Gasteiger partial charge in [0.2, 0.25) is 0 Å². The number of carbonyl (C=O) groups excluding carboxylic acids is 2. The first kappa shape index (κ1) is 17.1. The van der Waals surface area contributed by atoms with Gasteiger partial charge >= 0.3 is 0 Å². The van der Waals surface area contributed by atoms with Crippen LogP contribution in [0.25, 0.3) is 0 Å². The molecule has 0 aromatic heterocycles. The van der Waals surface area contributed by atoms with Crippen LogP contribution in [0, 0.1) is 6.92 Å². The Kier molecular flexibility index (Phi) is 4.81. The first-order valence-corrected chi connectivity index (χ1v) is 8.36. The van der Waals surface area contributed by atoms with Gasteiger partial charge in [-0.25, -0.2) is 0 Å². The van der Waals surface area contributed by atoms with Crippen molar-refractivity contribution in [1.29, 1.82) is 0 Å². The van der Waals surface area contributed by atoms with E-state index in [1.165, 1.54) is 4.90 Å². The zero-order valence-electron chi connectivity index (χ0n) is 14.0. The lowest BCUT2D eigenvalue weighted by atomic mass is 10.1. The van der Waals surface area contributed by atoms with Crippen LogP contribution in [0.5, 0.6) is 0 Å². The van der Waals surface area contributed by atoms with Crippen LogP contribution in [0.1, 0.15) is 33.2 Å². The van der Waals surface area contributed by atoms with Crippen molar-refractivity contribution in [3.8, 4) is 0 Å². The highest BCUT2D eigenvalue weighted by Crippen LogP contribution is 2.22. The van der Waals surface area contributed by atoms with Crippen molar-refractivity contribution < 1.29 is 14.3 Å². The molecule has 2 aromatic carbocycles. The zero-order valence-corrected chi connectivity index (χ0v) is 14.8. The predicted octanol–water partition coefficient (Wildman–Crippen LogP) is 3.39. The molecule has 0 aliphatic carbocycles. The summed E-state index contributed by atoms with van der Waals surface area (Å²) >= 11 is 5.19. The molecule has 6 heteroatoms. The molecule has 0 radical (unpaired) electrons. The highest BCUT2D eigenvalue weighted by Gasteiger charge is 2.36. The fourth-order valence-corrected chi connectivity index (χ4v) is 2.95. The minimum absolute atomic E-state index is 0.141. The summed E-state index contributed by atoms with van der Waals surface area (Å²) in [5.74, 6) is -0.595. The van der Waals surface area contributed by atoms with Gasteiger partial charge in [0.15, 0.2) is 0 Å². The van der Waals surface area contributed by atoms with Gasteiger partial charge < -0.3 is 10.1 Å². The molecule has 0 saturated carbocycles. The van der Waals surface area contributed by atoms with Crippen molar-refractivity contribution in [2.24, 2.45) is 0 Å². The second-order valence-electron chi connectivity index (χ2n) is 5.97. The van der Waals surface area contributed by atoms with Crippen molar-refractivity contribution >= 4 is 34.9 Å². The van der Waals surface area contributed by atoms with E-state index in [0.717, 1.165) is 11.3 Å². The lowest BCUT2D eigenvalue weighted by molar-refractivity contribution is 0.0578. The third-order valence-corrected chi connectivity index (χ3v) is 4.12. The number of benzene rings is 2. The fraction of sp³-hybridized carbons (Fsp3) is 0.211. The Morgan fingerprint density at radius 3 is 2.20 bits per heavy atom. The molecule has 3 rings (SSSR count). The van der Waals surface area contributed by atoms with E-state index in [2.05, 4.69) is 5.32 Å². The number of nitrogens with one attached hydrogen (secondary N) is 1. The molecule has 0 spiro atoms. The van der Waals surface area contributed by atoms with E-state index in [0.29, 0.717) is 11.1 Å². The van der Waals surface area contributed by atoms with Gasteiger partial charge in [-0.1, -0.05) is 29.8 Å². The molecule has 1 aliphatic heterocycles. The molecule has 0 bridgehead atoms. The number of ether oxygens (including phenoxy) is 1. The van der Waals surface area contributed by atoms with E-state index >= 15 is 0 Å². The first-order chi connectivity index (χ1) is 12.0. The summed E-state index contributed by atoms with van der Waals surface area (Å²) in [5, 5.41) is 3.19. The quantitative estimate of drug-likeness (QED) is 0.674. The van der Waals surface area contributed by atoms with E-state index in [-0.39, 0.29) is 23.5 Å². The summed E-state index contributed by atoms with van der Waals surface area (Å²) in [7, 11) is 0. The van der Waals surface area contributed by atoms with Crippen molar-refractivity contribution in [1.82, 2.24) is 4.90 Å². The average molecular weight is 354 g/mol. The molecule has 0 fully saturated rings. The number of hydrogen-bond donors (Lipinski definition) is 1. The Morgan fingerprint density at radius 1 is 1.08 bits per heavy atom. The minimum atomic E-state index is -0.423. The molecular formula is C19H18N2O3S. The standard InChI is InChI=1S/C19H18N2O3S/c1-12-7-9-14(10-8-12)20-19(25)24-13(2)11-21-17(22)15-5-3-4-6-16(15)18(21)23/h3-10,13H,11H2,1-2H3,(H,20,25). The lowest BCUT2D eigenvalue weighted by Gasteiger charge is -2.21. The van der Waals surface area contributed by atoms with Gasteiger partial charge in [0.1, 0.15) is 6.10 Å². The Balaban J connectivity index is 1.58. The second-order valence-corrected chi connectivity index (χ2v) is 6.34. The number of thiocarbonyl (C=S) groups is 1. The predicted molar refractivity (Wildman–Crippen MR) is 99.8 cm³/mol. The molecule has 1 unspecified atom stereocenters. The Labute approximate surface area is 151 Å². The highest BCUT2D eigenvalue weighted by atomic mass is 32.1. The van der Waals surface area contributed by atoms with Crippen LogP contribution in [0.15, 0.2) is 48.5 Å². The monoisotopic (exact) mass is 354 g/mol. The van der Waals surface area contributed by atoms with E-state index < -0.39 is 6.10 Å². The second kappa shape index (κ2) is 7.03. The smallest absolute Gasteiger partial charge is 0.261 e. The van der Waals surface area contributed by atoms with E-state index in [4.69, 9.17) is 17.0 Å². The largest absolute Gasteiger partial charge is 0.466 e. The third-order valence-electron chi connectivity index (χ3n) is 3.92. The number of rotatable bonds is 4. The van der Waals surface area contributed by atoms with Gasteiger partial charge in [-0.2, -0.15) is 0 Å². The van der Waals surface area contributed by atoms with Crippen LogP contribution in [-0.4, -0.2) is 34.5 Å². The van der Waals surface area contributed by atoms with Crippen molar-refractivity contribution in [3.63, 3.8) is 0 Å². The highest BCUT2D eigenvalue weighted by molar-refractivity contribution is 7.80. The summed E-state index contributed by atoms with van der Waals surface area (Å²) in [4.78, 5) is 25.9. The summed E-state index contributed by atoms with van der Waals surface area (Å²) in [5.41, 5.74) is 2.83. The fourth-order valence-electron chi connectivity index (χ4n) is 2.67. The number of carbonyl (C=O) groups is 2. The maximum atomic E-state index is 12.4. The third kappa shape index (κ3) is 3.69. The van der Waals surface area contributed by atoms with Crippen LogP contribution >= 0.6 is 12.2 Å². The van der Waals surface area contributed by atoms with Gasteiger partial charge in [-0.3, -0.25) is 14.5 Å². The van der Waals surface area contributed by atoms with Gasteiger partial charge in [0.25, 0.3) is 17.0 Å². The zero-order chi connectivity index (χ0) is 18.0.